The minimum atomic E-state index is 0.371. The zero-order valence-corrected chi connectivity index (χ0v) is 12.9. The predicted octanol–water partition coefficient (Wildman–Crippen LogP) is 3.47. The van der Waals surface area contributed by atoms with Crippen molar-refractivity contribution >= 4 is 0 Å². The Bertz CT molecular complexity index is 231. The highest BCUT2D eigenvalue weighted by atomic mass is 15.5. The van der Waals surface area contributed by atoms with Gasteiger partial charge in [0.05, 0.1) is 19.6 Å². The zero-order chi connectivity index (χ0) is 13.1. The molecule has 0 aliphatic carbocycles. The van der Waals surface area contributed by atoms with Crippen molar-refractivity contribution in [2.45, 2.75) is 72.4 Å². The quantitative estimate of drug-likeness (QED) is 0.644. The van der Waals surface area contributed by atoms with Crippen molar-refractivity contribution in [1.29, 1.82) is 0 Å². The Hall–Kier alpha value is -0.0800. The third-order valence-electron chi connectivity index (χ3n) is 5.26. The van der Waals surface area contributed by atoms with Gasteiger partial charge in [0.2, 0.25) is 0 Å². The van der Waals surface area contributed by atoms with E-state index in [-0.39, 0.29) is 0 Å². The molecule has 1 aliphatic heterocycles. The Labute approximate surface area is 109 Å². The largest absolute Gasteiger partial charge is 0.308 e. The first-order valence-electron chi connectivity index (χ1n) is 7.56. The SMILES string of the molecule is CCCC1CN(C(C)(C)CC)C[N+]1(CC)CC. The van der Waals surface area contributed by atoms with E-state index in [2.05, 4.69) is 46.4 Å². The molecule has 0 spiro atoms. The minimum absolute atomic E-state index is 0.371. The van der Waals surface area contributed by atoms with E-state index in [1.54, 1.807) is 0 Å². The van der Waals surface area contributed by atoms with Crippen LogP contribution in [0.2, 0.25) is 0 Å². The van der Waals surface area contributed by atoms with Crippen LogP contribution in [0.25, 0.3) is 0 Å². The highest BCUT2D eigenvalue weighted by Gasteiger charge is 2.46. The molecular formula is C15H33N2+. The maximum absolute atomic E-state index is 2.74. The fraction of sp³-hybridized carbons (Fsp3) is 1.00. The Kier molecular flexibility index (Phi) is 5.03. The third kappa shape index (κ3) is 2.85. The van der Waals surface area contributed by atoms with Crippen LogP contribution >= 0.6 is 0 Å². The Morgan fingerprint density at radius 1 is 1.12 bits per heavy atom. The number of nitrogens with zero attached hydrogens (tertiary/aromatic N) is 2. The van der Waals surface area contributed by atoms with Crippen LogP contribution in [0.3, 0.4) is 0 Å². The summed E-state index contributed by atoms with van der Waals surface area (Å²) in [6.07, 6.45) is 3.96. The van der Waals surface area contributed by atoms with E-state index in [9.17, 15) is 0 Å². The summed E-state index contributed by atoms with van der Waals surface area (Å²) in [5.41, 5.74) is 0.371. The fourth-order valence-electron chi connectivity index (χ4n) is 3.24. The van der Waals surface area contributed by atoms with Crippen LogP contribution in [0, 0.1) is 0 Å². The van der Waals surface area contributed by atoms with Crippen molar-refractivity contribution in [3.8, 4) is 0 Å². The second-order valence-electron chi connectivity index (χ2n) is 6.32. The topological polar surface area (TPSA) is 3.24 Å². The van der Waals surface area contributed by atoms with Crippen LogP contribution in [-0.4, -0.2) is 47.3 Å². The second-order valence-corrected chi connectivity index (χ2v) is 6.32. The van der Waals surface area contributed by atoms with Gasteiger partial charge in [-0.15, -0.1) is 0 Å². The van der Waals surface area contributed by atoms with E-state index in [0.717, 1.165) is 6.04 Å². The lowest BCUT2D eigenvalue weighted by Gasteiger charge is -2.39. The van der Waals surface area contributed by atoms with E-state index in [0.29, 0.717) is 5.54 Å². The van der Waals surface area contributed by atoms with E-state index in [4.69, 9.17) is 0 Å². The van der Waals surface area contributed by atoms with Crippen molar-refractivity contribution < 1.29 is 4.48 Å². The van der Waals surface area contributed by atoms with Gasteiger partial charge in [0.25, 0.3) is 0 Å². The first kappa shape index (κ1) is 15.0. The molecule has 0 N–H and O–H groups in total. The molecule has 1 heterocycles. The Balaban J connectivity index is 2.85. The molecule has 0 aromatic carbocycles. The molecule has 2 nitrogen and oxygen atoms in total. The van der Waals surface area contributed by atoms with E-state index in [1.807, 2.05) is 0 Å². The number of quaternary nitrogens is 1. The van der Waals surface area contributed by atoms with E-state index < -0.39 is 0 Å². The van der Waals surface area contributed by atoms with Crippen molar-refractivity contribution in [2.75, 3.05) is 26.3 Å². The molecule has 1 unspecified atom stereocenters. The lowest BCUT2D eigenvalue weighted by Crippen LogP contribution is -2.53. The molecule has 0 aromatic rings. The molecule has 1 saturated heterocycles. The average Bonchev–Trinajstić information content (AvgIpc) is 2.70. The van der Waals surface area contributed by atoms with Crippen LogP contribution in [0.4, 0.5) is 0 Å². The van der Waals surface area contributed by atoms with Gasteiger partial charge in [-0.3, -0.25) is 0 Å². The molecule has 0 bridgehead atoms. The summed E-state index contributed by atoms with van der Waals surface area (Å²) in [7, 11) is 0. The van der Waals surface area contributed by atoms with Crippen molar-refractivity contribution in [3.63, 3.8) is 0 Å². The van der Waals surface area contributed by atoms with Crippen molar-refractivity contribution in [2.24, 2.45) is 0 Å². The molecule has 0 aromatic heterocycles. The molecule has 1 rings (SSSR count). The van der Waals surface area contributed by atoms with Gasteiger partial charge in [-0.05, 0) is 34.1 Å². The van der Waals surface area contributed by atoms with Gasteiger partial charge in [0, 0.05) is 12.0 Å². The normalized spacial score (nSPS) is 25.4. The monoisotopic (exact) mass is 241 g/mol. The number of rotatable bonds is 6. The summed E-state index contributed by atoms with van der Waals surface area (Å²) in [5.74, 6) is 0. The smallest absolute Gasteiger partial charge is 0.135 e. The summed E-state index contributed by atoms with van der Waals surface area (Å²) in [6.45, 7) is 19.3. The van der Waals surface area contributed by atoms with Gasteiger partial charge >= 0.3 is 0 Å². The van der Waals surface area contributed by atoms with Crippen LogP contribution in [0.15, 0.2) is 0 Å². The van der Waals surface area contributed by atoms with Gasteiger partial charge in [-0.2, -0.15) is 0 Å². The van der Waals surface area contributed by atoms with Gasteiger partial charge in [0.15, 0.2) is 0 Å². The molecule has 0 radical (unpaired) electrons. The zero-order valence-electron chi connectivity index (χ0n) is 12.9. The van der Waals surface area contributed by atoms with E-state index >= 15 is 0 Å². The Morgan fingerprint density at radius 2 is 1.71 bits per heavy atom. The standard InChI is InChI=1S/C15H33N2/c1-7-11-14-12-16(15(5,6)8-2)13-17(14,9-3)10-4/h14H,7-13H2,1-6H3/q+1. The highest BCUT2D eigenvalue weighted by molar-refractivity contribution is 4.85. The maximum Gasteiger partial charge on any atom is 0.135 e. The molecule has 0 amide bonds. The predicted molar refractivity (Wildman–Crippen MR) is 76.0 cm³/mol. The summed E-state index contributed by atoms with van der Waals surface area (Å²) in [6, 6.07) is 0.862. The van der Waals surface area contributed by atoms with Gasteiger partial charge in [-0.1, -0.05) is 20.3 Å². The van der Waals surface area contributed by atoms with Gasteiger partial charge in [-0.25, -0.2) is 4.90 Å². The Morgan fingerprint density at radius 3 is 2.12 bits per heavy atom. The first-order valence-corrected chi connectivity index (χ1v) is 7.56. The molecule has 17 heavy (non-hydrogen) atoms. The lowest BCUT2D eigenvalue weighted by atomic mass is 9.99. The third-order valence-corrected chi connectivity index (χ3v) is 5.26. The first-order chi connectivity index (χ1) is 7.95. The minimum Gasteiger partial charge on any atom is -0.308 e. The maximum atomic E-state index is 2.74. The molecular weight excluding hydrogens is 208 g/mol. The van der Waals surface area contributed by atoms with Crippen LogP contribution in [-0.2, 0) is 0 Å². The summed E-state index contributed by atoms with van der Waals surface area (Å²) in [5, 5.41) is 0. The molecule has 0 saturated carbocycles. The van der Waals surface area contributed by atoms with Gasteiger partial charge in [0.1, 0.15) is 12.7 Å². The summed E-state index contributed by atoms with van der Waals surface area (Å²) < 4.78 is 1.32. The van der Waals surface area contributed by atoms with Crippen molar-refractivity contribution in [3.05, 3.63) is 0 Å². The number of likely N-dealkylation sites (N-methyl/N-ethyl adjacent to an activating group) is 1. The number of hydrogen-bond donors (Lipinski definition) is 0. The van der Waals surface area contributed by atoms with E-state index in [1.165, 1.54) is 50.0 Å². The van der Waals surface area contributed by atoms with Gasteiger partial charge < -0.3 is 4.48 Å². The lowest BCUT2D eigenvalue weighted by molar-refractivity contribution is -0.940. The molecule has 2 heteroatoms. The highest BCUT2D eigenvalue weighted by Crippen LogP contribution is 2.32. The fourth-order valence-corrected chi connectivity index (χ4v) is 3.24. The molecule has 1 aliphatic rings. The molecule has 1 fully saturated rings. The summed E-state index contributed by atoms with van der Waals surface area (Å²) in [4.78, 5) is 2.74. The number of hydrogen-bond acceptors (Lipinski definition) is 1. The average molecular weight is 241 g/mol. The summed E-state index contributed by atoms with van der Waals surface area (Å²) >= 11 is 0. The molecule has 1 atom stereocenters. The van der Waals surface area contributed by atoms with Crippen LogP contribution < -0.4 is 0 Å². The van der Waals surface area contributed by atoms with Crippen molar-refractivity contribution in [1.82, 2.24) is 4.90 Å². The molecule has 102 valence electrons. The second kappa shape index (κ2) is 5.71. The van der Waals surface area contributed by atoms with Crippen LogP contribution in [0.1, 0.15) is 60.8 Å². The van der Waals surface area contributed by atoms with Crippen LogP contribution in [0.5, 0.6) is 0 Å².